The predicted molar refractivity (Wildman–Crippen MR) is 84.9 cm³/mol. The molecule has 0 bridgehead atoms. The Labute approximate surface area is 128 Å². The molecule has 0 unspecified atom stereocenters. The molecule has 0 aliphatic carbocycles. The number of nitrogens with zero attached hydrogens (tertiary/aromatic N) is 3. The highest BCUT2D eigenvalue weighted by atomic mass is 16.1. The molecule has 0 atom stereocenters. The van der Waals surface area contributed by atoms with E-state index < -0.39 is 0 Å². The van der Waals surface area contributed by atoms with Gasteiger partial charge in [-0.3, -0.25) is 4.79 Å². The van der Waals surface area contributed by atoms with Crippen molar-refractivity contribution in [3.8, 4) is 0 Å². The maximum atomic E-state index is 12.2. The van der Waals surface area contributed by atoms with Crippen LogP contribution in [0.2, 0.25) is 0 Å². The van der Waals surface area contributed by atoms with E-state index in [0.29, 0.717) is 17.9 Å². The Morgan fingerprint density at radius 2 is 2.18 bits per heavy atom. The molecule has 0 spiro atoms. The Morgan fingerprint density at radius 3 is 3.00 bits per heavy atom. The van der Waals surface area contributed by atoms with Gasteiger partial charge in [0.15, 0.2) is 0 Å². The summed E-state index contributed by atoms with van der Waals surface area (Å²) in [6.07, 6.45) is 5.34. The van der Waals surface area contributed by atoms with Gasteiger partial charge in [-0.15, -0.1) is 0 Å². The summed E-state index contributed by atoms with van der Waals surface area (Å²) in [5.41, 5.74) is 3.53. The third-order valence-electron chi connectivity index (χ3n) is 3.52. The molecule has 22 heavy (non-hydrogen) atoms. The Balaban J connectivity index is 1.76. The lowest BCUT2D eigenvalue weighted by Gasteiger charge is -2.07. The third kappa shape index (κ3) is 2.63. The number of hydrogen-bond acceptors (Lipinski definition) is 4. The van der Waals surface area contributed by atoms with Crippen LogP contribution in [0, 0.1) is 6.92 Å². The first-order valence-corrected chi connectivity index (χ1v) is 7.02. The van der Waals surface area contributed by atoms with Gasteiger partial charge < -0.3 is 15.0 Å². The van der Waals surface area contributed by atoms with Gasteiger partial charge in [-0.05, 0) is 30.7 Å². The molecule has 0 fully saturated rings. The minimum Gasteiger partial charge on any atom is -0.373 e. The molecule has 3 aromatic heterocycles. The number of nitrogens with one attached hydrogen (secondary N) is 2. The smallest absolute Gasteiger partial charge is 0.251 e. The average molecular weight is 295 g/mol. The van der Waals surface area contributed by atoms with Crippen molar-refractivity contribution in [2.24, 2.45) is 0 Å². The summed E-state index contributed by atoms with van der Waals surface area (Å²) in [5.74, 6) is 0.527. The molecule has 112 valence electrons. The van der Waals surface area contributed by atoms with Gasteiger partial charge >= 0.3 is 0 Å². The zero-order chi connectivity index (χ0) is 15.5. The van der Waals surface area contributed by atoms with Crippen LogP contribution in [-0.2, 0) is 6.54 Å². The van der Waals surface area contributed by atoms with E-state index in [2.05, 4.69) is 20.6 Å². The number of carbonyl (C=O) groups excluding carboxylic acids is 1. The second kappa shape index (κ2) is 5.85. The van der Waals surface area contributed by atoms with E-state index in [-0.39, 0.29) is 5.91 Å². The molecule has 3 aromatic rings. The molecule has 0 radical (unpaired) electrons. The zero-order valence-electron chi connectivity index (χ0n) is 12.5. The second-order valence-corrected chi connectivity index (χ2v) is 5.00. The largest absolute Gasteiger partial charge is 0.373 e. The van der Waals surface area contributed by atoms with Crippen molar-refractivity contribution in [3.63, 3.8) is 0 Å². The molecule has 0 saturated heterocycles. The van der Waals surface area contributed by atoms with Gasteiger partial charge in [0.2, 0.25) is 0 Å². The van der Waals surface area contributed by atoms with Crippen molar-refractivity contribution in [3.05, 3.63) is 59.7 Å². The van der Waals surface area contributed by atoms with Gasteiger partial charge in [0.25, 0.3) is 5.91 Å². The second-order valence-electron chi connectivity index (χ2n) is 5.00. The molecular weight excluding hydrogens is 278 g/mol. The van der Waals surface area contributed by atoms with Crippen molar-refractivity contribution < 1.29 is 4.79 Å². The fourth-order valence-electron chi connectivity index (χ4n) is 2.31. The summed E-state index contributed by atoms with van der Waals surface area (Å²) in [4.78, 5) is 20.7. The first kappa shape index (κ1) is 14.1. The van der Waals surface area contributed by atoms with Crippen LogP contribution in [0.3, 0.4) is 0 Å². The first-order valence-electron chi connectivity index (χ1n) is 7.02. The summed E-state index contributed by atoms with van der Waals surface area (Å²) < 4.78 is 1.99. The van der Waals surface area contributed by atoms with Crippen molar-refractivity contribution >= 4 is 17.4 Å². The number of hydrogen-bond donors (Lipinski definition) is 2. The molecule has 0 aliphatic heterocycles. The number of carbonyl (C=O) groups is 1. The standard InChI is InChI=1S/C16H17N5O/c1-11-4-3-7-21-13(9-19-15(11)21)10-20-16(22)12-5-6-18-14(8-12)17-2/h3-9H,10H2,1-2H3,(H,17,18)(H,20,22). The third-order valence-corrected chi connectivity index (χ3v) is 3.52. The summed E-state index contributed by atoms with van der Waals surface area (Å²) in [5, 5.41) is 5.83. The fraction of sp³-hybridized carbons (Fsp3) is 0.188. The molecule has 6 nitrogen and oxygen atoms in total. The molecule has 0 aliphatic rings. The maximum Gasteiger partial charge on any atom is 0.251 e. The maximum absolute atomic E-state index is 12.2. The number of fused-ring (bicyclic) bond motifs is 1. The highest BCUT2D eigenvalue weighted by molar-refractivity contribution is 5.94. The van der Waals surface area contributed by atoms with Crippen LogP contribution in [0.5, 0.6) is 0 Å². The van der Waals surface area contributed by atoms with Crippen LogP contribution in [0.1, 0.15) is 21.6 Å². The predicted octanol–water partition coefficient (Wildman–Crippen LogP) is 2.01. The number of anilines is 1. The van der Waals surface area contributed by atoms with Gasteiger partial charge in [-0.1, -0.05) is 6.07 Å². The highest BCUT2D eigenvalue weighted by Gasteiger charge is 2.09. The van der Waals surface area contributed by atoms with Crippen molar-refractivity contribution in [1.29, 1.82) is 0 Å². The molecule has 0 aromatic carbocycles. The van der Waals surface area contributed by atoms with E-state index in [1.807, 2.05) is 29.7 Å². The molecule has 0 saturated carbocycles. The van der Waals surface area contributed by atoms with Gasteiger partial charge in [-0.2, -0.15) is 0 Å². The Hall–Kier alpha value is -2.89. The van der Waals surface area contributed by atoms with Crippen LogP contribution >= 0.6 is 0 Å². The molecule has 2 N–H and O–H groups in total. The van der Waals surface area contributed by atoms with Crippen molar-refractivity contribution in [2.45, 2.75) is 13.5 Å². The van der Waals surface area contributed by atoms with Crippen molar-refractivity contribution in [2.75, 3.05) is 12.4 Å². The lowest BCUT2D eigenvalue weighted by molar-refractivity contribution is 0.0950. The van der Waals surface area contributed by atoms with Crippen molar-refractivity contribution in [1.82, 2.24) is 19.7 Å². The van der Waals surface area contributed by atoms with Crippen LogP contribution in [0.15, 0.2) is 42.9 Å². The SMILES string of the molecule is CNc1cc(C(=O)NCc2cnc3c(C)cccn23)ccn1. The van der Waals surface area contributed by atoms with Gasteiger partial charge in [0, 0.05) is 25.0 Å². The minimum atomic E-state index is -0.137. The van der Waals surface area contributed by atoms with Gasteiger partial charge in [-0.25, -0.2) is 9.97 Å². The summed E-state index contributed by atoms with van der Waals surface area (Å²) in [6.45, 7) is 2.43. The van der Waals surface area contributed by atoms with Crippen LogP contribution < -0.4 is 10.6 Å². The van der Waals surface area contributed by atoms with E-state index in [1.54, 1.807) is 31.6 Å². The number of pyridine rings is 2. The number of amides is 1. The van der Waals surface area contributed by atoms with Crippen LogP contribution in [0.4, 0.5) is 5.82 Å². The van der Waals surface area contributed by atoms with Crippen LogP contribution in [0.25, 0.3) is 5.65 Å². The number of imidazole rings is 1. The summed E-state index contributed by atoms with van der Waals surface area (Å²) in [7, 11) is 1.77. The topological polar surface area (TPSA) is 71.3 Å². The normalized spacial score (nSPS) is 10.6. The number of rotatable bonds is 4. The lowest BCUT2D eigenvalue weighted by atomic mass is 10.2. The number of aryl methyl sites for hydroxylation is 1. The quantitative estimate of drug-likeness (QED) is 0.772. The molecule has 3 rings (SSSR count). The van der Waals surface area contributed by atoms with E-state index in [4.69, 9.17) is 0 Å². The molecule has 1 amide bonds. The molecule has 3 heterocycles. The highest BCUT2D eigenvalue weighted by Crippen LogP contribution is 2.11. The summed E-state index contributed by atoms with van der Waals surface area (Å²) >= 11 is 0. The average Bonchev–Trinajstić information content (AvgIpc) is 2.97. The monoisotopic (exact) mass is 295 g/mol. The first-order chi connectivity index (χ1) is 10.7. The van der Waals surface area contributed by atoms with Gasteiger partial charge in [0.1, 0.15) is 11.5 Å². The Bertz CT molecular complexity index is 824. The molecular formula is C16H17N5O. The van der Waals surface area contributed by atoms with E-state index >= 15 is 0 Å². The lowest BCUT2D eigenvalue weighted by Crippen LogP contribution is -2.23. The Morgan fingerprint density at radius 1 is 1.32 bits per heavy atom. The zero-order valence-corrected chi connectivity index (χ0v) is 12.5. The van der Waals surface area contributed by atoms with E-state index in [1.165, 1.54) is 0 Å². The Kier molecular flexibility index (Phi) is 3.74. The van der Waals surface area contributed by atoms with Gasteiger partial charge in [0.05, 0.1) is 18.4 Å². The minimum absolute atomic E-state index is 0.137. The summed E-state index contributed by atoms with van der Waals surface area (Å²) in [6, 6.07) is 7.39. The van der Waals surface area contributed by atoms with E-state index in [9.17, 15) is 4.79 Å². The number of aromatic nitrogens is 3. The van der Waals surface area contributed by atoms with Crippen LogP contribution in [-0.4, -0.2) is 27.3 Å². The fourth-order valence-corrected chi connectivity index (χ4v) is 2.31. The van der Waals surface area contributed by atoms with E-state index in [0.717, 1.165) is 16.9 Å². The molecule has 6 heteroatoms.